The second-order valence-electron chi connectivity index (χ2n) is 6.72. The van der Waals surface area contributed by atoms with Gasteiger partial charge >= 0.3 is 0 Å². The lowest BCUT2D eigenvalue weighted by Gasteiger charge is -2.33. The van der Waals surface area contributed by atoms with E-state index in [4.69, 9.17) is 11.6 Å². The van der Waals surface area contributed by atoms with Crippen LogP contribution in [0.25, 0.3) is 5.78 Å². The Bertz CT molecular complexity index is 935. The number of hydrogen-bond acceptors (Lipinski definition) is 4. The minimum absolute atomic E-state index is 0.0619. The minimum atomic E-state index is -0.601. The first-order valence-corrected chi connectivity index (χ1v) is 8.92. The van der Waals surface area contributed by atoms with E-state index in [2.05, 4.69) is 20.0 Å². The molecule has 0 spiro atoms. The molecule has 0 bridgehead atoms. The smallest absolute Gasteiger partial charge is 0.252 e. The van der Waals surface area contributed by atoms with Crippen molar-refractivity contribution in [1.29, 1.82) is 0 Å². The van der Waals surface area contributed by atoms with E-state index in [0.717, 1.165) is 42.9 Å². The van der Waals surface area contributed by atoms with Crippen molar-refractivity contribution in [2.24, 2.45) is 0 Å². The zero-order valence-electron chi connectivity index (χ0n) is 14.3. The van der Waals surface area contributed by atoms with Crippen LogP contribution in [0.1, 0.15) is 35.7 Å². The summed E-state index contributed by atoms with van der Waals surface area (Å²) in [6.07, 6.45) is 3.42. The van der Waals surface area contributed by atoms with Crippen LogP contribution in [0.5, 0.6) is 0 Å². The van der Waals surface area contributed by atoms with Crippen LogP contribution in [0.15, 0.2) is 24.5 Å². The molecule has 5 nitrogen and oxygen atoms in total. The summed E-state index contributed by atoms with van der Waals surface area (Å²) in [5.41, 5.74) is 1.98. The van der Waals surface area contributed by atoms with Crippen LogP contribution in [-0.2, 0) is 6.54 Å². The van der Waals surface area contributed by atoms with Crippen LogP contribution in [0.4, 0.5) is 8.78 Å². The topological polar surface area (TPSA) is 46.3 Å². The molecule has 1 unspecified atom stereocenters. The summed E-state index contributed by atoms with van der Waals surface area (Å²) in [4.78, 5) is 10.6. The van der Waals surface area contributed by atoms with Crippen LogP contribution < -0.4 is 0 Å². The second kappa shape index (κ2) is 6.89. The summed E-state index contributed by atoms with van der Waals surface area (Å²) >= 11 is 5.71. The zero-order chi connectivity index (χ0) is 18.3. The molecular formula is C18H18ClF2N5. The maximum absolute atomic E-state index is 14.1. The van der Waals surface area contributed by atoms with E-state index in [-0.39, 0.29) is 23.0 Å². The molecule has 4 rings (SSSR count). The molecule has 1 aliphatic heterocycles. The number of halogens is 3. The number of piperidine rings is 1. The van der Waals surface area contributed by atoms with Gasteiger partial charge in [0.25, 0.3) is 5.78 Å². The van der Waals surface area contributed by atoms with Gasteiger partial charge < -0.3 is 0 Å². The Kier molecular flexibility index (Phi) is 4.58. The normalized spacial score (nSPS) is 18.5. The number of aromatic nitrogens is 4. The van der Waals surface area contributed by atoms with E-state index in [9.17, 15) is 8.78 Å². The van der Waals surface area contributed by atoms with Crippen molar-refractivity contribution >= 4 is 17.4 Å². The third kappa shape index (κ3) is 3.29. The predicted molar refractivity (Wildman–Crippen MR) is 94.1 cm³/mol. The van der Waals surface area contributed by atoms with E-state index in [1.54, 1.807) is 4.52 Å². The molecule has 1 fully saturated rings. The molecule has 0 radical (unpaired) electrons. The Hall–Kier alpha value is -2.12. The van der Waals surface area contributed by atoms with Crippen molar-refractivity contribution in [3.63, 3.8) is 0 Å². The van der Waals surface area contributed by atoms with E-state index >= 15 is 0 Å². The van der Waals surface area contributed by atoms with Crippen LogP contribution in [0, 0.1) is 18.6 Å². The number of hydrogen-bond donors (Lipinski definition) is 0. The number of aryl methyl sites for hydroxylation is 1. The molecule has 0 amide bonds. The summed E-state index contributed by atoms with van der Waals surface area (Å²) in [6.45, 7) is 3.63. The Morgan fingerprint density at radius 2 is 2.00 bits per heavy atom. The highest BCUT2D eigenvalue weighted by atomic mass is 35.5. The number of likely N-dealkylation sites (tertiary alicyclic amines) is 1. The maximum Gasteiger partial charge on any atom is 0.252 e. The van der Waals surface area contributed by atoms with Gasteiger partial charge in [-0.3, -0.25) is 4.90 Å². The number of nitrogens with zero attached hydrogens (tertiary/aromatic N) is 5. The highest BCUT2D eigenvalue weighted by Crippen LogP contribution is 2.29. The Morgan fingerprint density at radius 1 is 1.23 bits per heavy atom. The van der Waals surface area contributed by atoms with Gasteiger partial charge in [-0.25, -0.2) is 18.3 Å². The van der Waals surface area contributed by atoms with Crippen LogP contribution in [-0.4, -0.2) is 37.6 Å². The van der Waals surface area contributed by atoms with Crippen molar-refractivity contribution in [3.05, 3.63) is 58.1 Å². The van der Waals surface area contributed by atoms with Gasteiger partial charge in [0.2, 0.25) is 0 Å². The average molecular weight is 378 g/mol. The van der Waals surface area contributed by atoms with Crippen molar-refractivity contribution in [1.82, 2.24) is 24.5 Å². The Morgan fingerprint density at radius 3 is 2.77 bits per heavy atom. The van der Waals surface area contributed by atoms with Crippen LogP contribution in [0.3, 0.4) is 0 Å². The Balaban J connectivity index is 1.59. The van der Waals surface area contributed by atoms with Gasteiger partial charge in [-0.2, -0.15) is 10.1 Å². The van der Waals surface area contributed by atoms with E-state index in [1.807, 2.05) is 13.0 Å². The first-order chi connectivity index (χ1) is 12.5. The largest absolute Gasteiger partial charge is 0.298 e. The summed E-state index contributed by atoms with van der Waals surface area (Å²) in [6, 6.07) is 4.33. The van der Waals surface area contributed by atoms with Crippen molar-refractivity contribution in [3.8, 4) is 0 Å². The fourth-order valence-corrected chi connectivity index (χ4v) is 3.83. The highest BCUT2D eigenvalue weighted by molar-refractivity contribution is 6.30. The maximum atomic E-state index is 14.1. The average Bonchev–Trinajstić information content (AvgIpc) is 3.06. The quantitative estimate of drug-likeness (QED) is 0.697. The second-order valence-corrected chi connectivity index (χ2v) is 7.15. The molecule has 136 valence electrons. The third-order valence-corrected chi connectivity index (χ3v) is 5.04. The van der Waals surface area contributed by atoms with Gasteiger partial charge in [-0.05, 0) is 44.5 Å². The van der Waals surface area contributed by atoms with Crippen LogP contribution in [0.2, 0.25) is 5.02 Å². The molecule has 1 saturated heterocycles. The monoisotopic (exact) mass is 377 g/mol. The van der Waals surface area contributed by atoms with E-state index in [1.165, 1.54) is 6.33 Å². The fourth-order valence-electron chi connectivity index (χ4n) is 3.64. The van der Waals surface area contributed by atoms with Crippen molar-refractivity contribution in [2.75, 3.05) is 13.1 Å². The number of benzene rings is 1. The minimum Gasteiger partial charge on any atom is -0.298 e. The molecule has 26 heavy (non-hydrogen) atoms. The number of rotatable bonds is 3. The van der Waals surface area contributed by atoms with Crippen LogP contribution >= 0.6 is 11.6 Å². The summed E-state index contributed by atoms with van der Waals surface area (Å²) in [7, 11) is 0. The molecule has 3 heterocycles. The molecule has 0 saturated carbocycles. The summed E-state index contributed by atoms with van der Waals surface area (Å²) in [5.74, 6) is -0.425. The van der Waals surface area contributed by atoms with Gasteiger partial charge in [-0.15, -0.1) is 0 Å². The predicted octanol–water partition coefficient (Wildman–Crippen LogP) is 3.74. The van der Waals surface area contributed by atoms with Crippen molar-refractivity contribution < 1.29 is 8.78 Å². The summed E-state index contributed by atoms with van der Waals surface area (Å²) in [5, 5.41) is 4.34. The van der Waals surface area contributed by atoms with E-state index < -0.39 is 11.6 Å². The molecule has 1 aromatic carbocycles. The molecule has 2 aromatic heterocycles. The van der Waals surface area contributed by atoms with E-state index in [0.29, 0.717) is 12.3 Å². The molecule has 3 aromatic rings. The van der Waals surface area contributed by atoms with Gasteiger partial charge in [0.1, 0.15) is 18.0 Å². The molecule has 1 atom stereocenters. The molecule has 0 N–H and O–H groups in total. The molecular weight excluding hydrogens is 360 g/mol. The molecule has 8 heteroatoms. The van der Waals surface area contributed by atoms with Gasteiger partial charge in [-0.1, -0.05) is 11.6 Å². The first kappa shape index (κ1) is 17.3. The van der Waals surface area contributed by atoms with Gasteiger partial charge in [0.15, 0.2) is 0 Å². The zero-order valence-corrected chi connectivity index (χ0v) is 15.0. The van der Waals surface area contributed by atoms with Crippen molar-refractivity contribution in [2.45, 2.75) is 32.2 Å². The molecule has 0 aliphatic carbocycles. The first-order valence-electron chi connectivity index (χ1n) is 8.54. The lowest BCUT2D eigenvalue weighted by atomic mass is 9.93. The SMILES string of the molecule is Cc1cc(C2CCCN(Cc3c(F)cc(Cl)cc3F)C2)n2ncnc2n1. The van der Waals surface area contributed by atoms with Gasteiger partial charge in [0, 0.05) is 35.3 Å². The fraction of sp³-hybridized carbons (Fsp3) is 0.389. The Labute approximate surface area is 154 Å². The number of fused-ring (bicyclic) bond motifs is 1. The highest BCUT2D eigenvalue weighted by Gasteiger charge is 2.26. The van der Waals surface area contributed by atoms with Gasteiger partial charge in [0.05, 0.1) is 5.69 Å². The molecule has 1 aliphatic rings. The summed E-state index contributed by atoms with van der Waals surface area (Å²) < 4.78 is 30.0. The standard InChI is InChI=1S/C18H18ClF2N5/c1-11-5-17(26-18(24-11)22-10-23-26)12-3-2-4-25(8-12)9-14-15(20)6-13(19)7-16(14)21/h5-7,10,12H,2-4,8-9H2,1H3. The lowest BCUT2D eigenvalue weighted by Crippen LogP contribution is -2.35. The lowest BCUT2D eigenvalue weighted by molar-refractivity contribution is 0.193. The third-order valence-electron chi connectivity index (χ3n) is 4.82.